The fourth-order valence-electron chi connectivity index (χ4n) is 5.83. The third-order valence-corrected chi connectivity index (χ3v) is 9.07. The third kappa shape index (κ3) is 7.05. The Kier molecular flexibility index (Phi) is 11.0. The number of carbonyl (C=O) groups excluding carboxylic acids is 1. The van der Waals surface area contributed by atoms with E-state index >= 15 is 0 Å². The Bertz CT molecular complexity index is 509. The van der Waals surface area contributed by atoms with Crippen LogP contribution in [0.5, 0.6) is 0 Å². The van der Waals surface area contributed by atoms with Gasteiger partial charge in [0.1, 0.15) is 6.29 Å². The van der Waals surface area contributed by atoms with Crippen LogP contribution in [-0.2, 0) is 9.32 Å². The van der Waals surface area contributed by atoms with Gasteiger partial charge >= 0.3 is 0 Å². The highest BCUT2D eigenvalue weighted by Gasteiger charge is 2.39. The molecule has 0 aromatic carbocycles. The molecule has 1 saturated carbocycles. The van der Waals surface area contributed by atoms with E-state index in [4.69, 9.17) is 4.52 Å². The van der Waals surface area contributed by atoms with Crippen molar-refractivity contribution in [2.75, 3.05) is 0 Å². The van der Waals surface area contributed by atoms with Gasteiger partial charge in [-0.05, 0) is 96.1 Å². The largest absolute Gasteiger partial charge is 0.348 e. The smallest absolute Gasteiger partial charge is 0.120 e. The van der Waals surface area contributed by atoms with Gasteiger partial charge in [0.25, 0.3) is 0 Å². The van der Waals surface area contributed by atoms with Crippen molar-refractivity contribution < 1.29 is 9.32 Å². The number of hydrogen-bond donors (Lipinski definition) is 0. The molecular formula is C24H42IO2P. The summed E-state index contributed by atoms with van der Waals surface area (Å²) in [5, 5.41) is 0. The minimum atomic E-state index is 0.435. The van der Waals surface area contributed by atoms with Gasteiger partial charge in [-0.2, -0.15) is 0 Å². The zero-order valence-corrected chi connectivity index (χ0v) is 21.7. The second-order valence-corrected chi connectivity index (χ2v) is 11.6. The first-order chi connectivity index (χ1) is 13.4. The Labute approximate surface area is 188 Å². The van der Waals surface area contributed by atoms with E-state index in [9.17, 15) is 4.79 Å². The quantitative estimate of drug-likeness (QED) is 0.112. The first-order valence-electron chi connectivity index (χ1n) is 11.6. The highest BCUT2D eigenvalue weighted by Crippen LogP contribution is 2.51. The molecule has 0 aliphatic heterocycles. The van der Waals surface area contributed by atoms with Gasteiger partial charge in [0.2, 0.25) is 0 Å². The molecule has 0 radical (unpaired) electrons. The topological polar surface area (TPSA) is 26.3 Å². The van der Waals surface area contributed by atoms with Crippen LogP contribution in [0.25, 0.3) is 0 Å². The summed E-state index contributed by atoms with van der Waals surface area (Å²) in [5.41, 5.74) is 2.12. The standard InChI is InChI=1S/C24H42IO2P/c1-5-18(2)23(19(3)8-7-15-26)10-6-9-20-11-12-21-16-22(27-28-25)13-14-24(21,4)17-20/h12,15,18-20,22-23,28H,5-11,13-14,16-17H2,1-4H3/t18-,19+,20+,22-,23-,24+/m0/s1. The second-order valence-electron chi connectivity index (χ2n) is 9.86. The molecule has 1 fully saturated rings. The van der Waals surface area contributed by atoms with E-state index in [1.54, 1.807) is 5.57 Å². The zero-order chi connectivity index (χ0) is 20.6. The van der Waals surface area contributed by atoms with Crippen LogP contribution in [0.3, 0.4) is 0 Å². The van der Waals surface area contributed by atoms with Gasteiger partial charge in [0.15, 0.2) is 0 Å². The summed E-state index contributed by atoms with van der Waals surface area (Å²) in [6, 6.07) is 0. The maximum Gasteiger partial charge on any atom is 0.120 e. The number of carbonyl (C=O) groups is 1. The lowest BCUT2D eigenvalue weighted by atomic mass is 9.62. The lowest BCUT2D eigenvalue weighted by Gasteiger charge is -2.45. The van der Waals surface area contributed by atoms with Gasteiger partial charge in [-0.15, -0.1) is 0 Å². The molecule has 0 amide bonds. The van der Waals surface area contributed by atoms with Crippen molar-refractivity contribution in [3.8, 4) is 0 Å². The van der Waals surface area contributed by atoms with Crippen molar-refractivity contribution in [1.82, 2.24) is 0 Å². The first kappa shape index (κ1) is 24.8. The number of aldehydes is 1. The van der Waals surface area contributed by atoms with E-state index in [1.165, 1.54) is 57.8 Å². The number of fused-ring (bicyclic) bond motifs is 1. The second kappa shape index (κ2) is 12.4. The zero-order valence-electron chi connectivity index (χ0n) is 18.5. The maximum absolute atomic E-state index is 10.8. The Morgan fingerprint density at radius 2 is 2.14 bits per heavy atom. The van der Waals surface area contributed by atoms with Crippen LogP contribution in [0, 0.1) is 29.1 Å². The van der Waals surface area contributed by atoms with Crippen LogP contribution >= 0.6 is 28.5 Å². The molecule has 1 unspecified atom stereocenters. The average Bonchev–Trinajstić information content (AvgIpc) is 2.69. The minimum Gasteiger partial charge on any atom is -0.348 e. The number of halogens is 1. The van der Waals surface area contributed by atoms with E-state index in [0.29, 0.717) is 23.9 Å². The maximum atomic E-state index is 10.8. The van der Waals surface area contributed by atoms with Gasteiger partial charge in [0, 0.05) is 6.42 Å². The highest BCUT2D eigenvalue weighted by molar-refractivity contribution is 14.2. The van der Waals surface area contributed by atoms with E-state index in [0.717, 1.165) is 36.9 Å². The lowest BCUT2D eigenvalue weighted by Crippen LogP contribution is -2.34. The first-order valence-corrected chi connectivity index (χ1v) is 15.6. The molecule has 0 spiro atoms. The van der Waals surface area contributed by atoms with E-state index < -0.39 is 0 Å². The summed E-state index contributed by atoms with van der Waals surface area (Å²) in [6.07, 6.45) is 17.6. The van der Waals surface area contributed by atoms with Crippen LogP contribution in [0.4, 0.5) is 0 Å². The van der Waals surface area contributed by atoms with Crippen molar-refractivity contribution in [2.24, 2.45) is 29.1 Å². The Morgan fingerprint density at radius 1 is 1.36 bits per heavy atom. The van der Waals surface area contributed by atoms with Crippen molar-refractivity contribution >= 4 is 34.8 Å². The summed E-state index contributed by atoms with van der Waals surface area (Å²) < 4.78 is 5.93. The summed E-state index contributed by atoms with van der Waals surface area (Å²) in [5.74, 6) is 3.08. The Hall–Kier alpha value is 0.530. The lowest BCUT2D eigenvalue weighted by molar-refractivity contribution is -0.108. The molecule has 2 rings (SSSR count). The van der Waals surface area contributed by atoms with Gasteiger partial charge in [-0.1, -0.05) is 58.6 Å². The highest BCUT2D eigenvalue weighted by atomic mass is 127. The van der Waals surface area contributed by atoms with Crippen LogP contribution in [0.1, 0.15) is 98.3 Å². The average molecular weight is 520 g/mol. The van der Waals surface area contributed by atoms with Crippen molar-refractivity contribution in [3.63, 3.8) is 0 Å². The molecule has 0 bridgehead atoms. The third-order valence-electron chi connectivity index (χ3n) is 7.88. The molecule has 0 aromatic rings. The van der Waals surface area contributed by atoms with Crippen LogP contribution in [0.15, 0.2) is 11.6 Å². The van der Waals surface area contributed by atoms with Gasteiger partial charge in [-0.3, -0.25) is 0 Å². The van der Waals surface area contributed by atoms with Crippen molar-refractivity contribution in [2.45, 2.75) is 104 Å². The van der Waals surface area contributed by atoms with Gasteiger partial charge < -0.3 is 9.32 Å². The molecule has 7 atom stereocenters. The molecule has 2 aliphatic carbocycles. The van der Waals surface area contributed by atoms with E-state index in [2.05, 4.69) is 55.8 Å². The summed E-state index contributed by atoms with van der Waals surface area (Å²) in [4.78, 5) is 10.8. The monoisotopic (exact) mass is 520 g/mol. The fraction of sp³-hybridized carbons (Fsp3) is 0.875. The minimum absolute atomic E-state index is 0.435. The van der Waals surface area contributed by atoms with Gasteiger partial charge in [-0.25, -0.2) is 0 Å². The van der Waals surface area contributed by atoms with Crippen molar-refractivity contribution in [1.29, 1.82) is 0 Å². The van der Waals surface area contributed by atoms with Crippen molar-refractivity contribution in [3.05, 3.63) is 11.6 Å². The van der Waals surface area contributed by atoms with Gasteiger partial charge in [0.05, 0.1) is 12.6 Å². The molecule has 162 valence electrons. The molecule has 0 saturated heterocycles. The molecule has 4 heteroatoms. The van der Waals surface area contributed by atoms with Crippen LogP contribution in [-0.4, -0.2) is 12.4 Å². The van der Waals surface area contributed by atoms with E-state index in [-0.39, 0.29) is 0 Å². The SMILES string of the molecule is CC[C@H](C)[C@H](CCC[C@@H]1CC=C2C[C@@H](OPI)CC[C@]2(C)C1)[C@H](C)CCC=O. The molecule has 0 N–H and O–H groups in total. The van der Waals surface area contributed by atoms with Crippen LogP contribution in [0.2, 0.25) is 0 Å². The summed E-state index contributed by atoms with van der Waals surface area (Å²) in [7, 11) is 0. The fourth-order valence-corrected chi connectivity index (χ4v) is 7.24. The van der Waals surface area contributed by atoms with E-state index in [1.807, 2.05) is 0 Å². The molecule has 2 aliphatic rings. The Morgan fingerprint density at radius 3 is 2.82 bits per heavy atom. The number of hydrogen-bond acceptors (Lipinski definition) is 2. The molecule has 0 aromatic heterocycles. The molecular weight excluding hydrogens is 478 g/mol. The predicted molar refractivity (Wildman–Crippen MR) is 131 cm³/mol. The molecule has 0 heterocycles. The predicted octanol–water partition coefficient (Wildman–Crippen LogP) is 8.29. The summed E-state index contributed by atoms with van der Waals surface area (Å²) in [6.45, 7) is 10.2. The molecule has 2 nitrogen and oxygen atoms in total. The van der Waals surface area contributed by atoms with Crippen LogP contribution < -0.4 is 0 Å². The molecule has 28 heavy (non-hydrogen) atoms. The number of rotatable bonds is 12. The number of allylic oxidation sites excluding steroid dienone is 1. The summed E-state index contributed by atoms with van der Waals surface area (Å²) >= 11 is 2.35. The Balaban J connectivity index is 1.85. The normalized spacial score (nSPS) is 31.2.